The highest BCUT2D eigenvalue weighted by atomic mass is 16.5. The average molecular weight is 275 g/mol. The van der Waals surface area contributed by atoms with Crippen molar-refractivity contribution in [3.8, 4) is 0 Å². The number of hydrogen-bond acceptors (Lipinski definition) is 3. The van der Waals surface area contributed by atoms with Crippen molar-refractivity contribution in [3.05, 3.63) is 35.4 Å². The van der Waals surface area contributed by atoms with Gasteiger partial charge in [-0.1, -0.05) is 36.8 Å². The van der Waals surface area contributed by atoms with Crippen molar-refractivity contribution in [1.82, 2.24) is 4.90 Å². The van der Waals surface area contributed by atoms with Gasteiger partial charge in [-0.2, -0.15) is 0 Å². The molecule has 0 aromatic heterocycles. The van der Waals surface area contributed by atoms with Crippen molar-refractivity contribution in [2.45, 2.75) is 45.8 Å². The van der Waals surface area contributed by atoms with Crippen LogP contribution in [0.15, 0.2) is 24.3 Å². The van der Waals surface area contributed by atoms with Gasteiger partial charge in [0, 0.05) is 18.7 Å². The second-order valence-electron chi connectivity index (χ2n) is 5.63. The topological polar surface area (TPSA) is 29.5 Å². The first-order valence-corrected chi connectivity index (χ1v) is 7.58. The molecule has 1 aromatic carbocycles. The molecule has 1 fully saturated rings. The van der Waals surface area contributed by atoms with Gasteiger partial charge in [0.2, 0.25) is 0 Å². The lowest BCUT2D eigenvalue weighted by Gasteiger charge is -2.29. The van der Waals surface area contributed by atoms with Gasteiger partial charge in [0.25, 0.3) is 0 Å². The van der Waals surface area contributed by atoms with E-state index in [1.54, 1.807) is 0 Å². The minimum absolute atomic E-state index is 0.0908. The molecule has 0 amide bonds. The maximum atomic E-state index is 12.5. The monoisotopic (exact) mass is 275 g/mol. The highest BCUT2D eigenvalue weighted by Crippen LogP contribution is 2.16. The van der Waals surface area contributed by atoms with Gasteiger partial charge in [0.15, 0.2) is 5.78 Å². The smallest absolute Gasteiger partial charge is 0.179 e. The molecule has 0 bridgehead atoms. The highest BCUT2D eigenvalue weighted by Gasteiger charge is 2.25. The molecule has 0 spiro atoms. The van der Waals surface area contributed by atoms with E-state index in [1.807, 2.05) is 38.1 Å². The first-order chi connectivity index (χ1) is 9.61. The Morgan fingerprint density at radius 3 is 2.65 bits per heavy atom. The van der Waals surface area contributed by atoms with Crippen molar-refractivity contribution in [2.75, 3.05) is 19.7 Å². The average Bonchev–Trinajstić information content (AvgIpc) is 2.97. The zero-order valence-corrected chi connectivity index (χ0v) is 12.8. The van der Waals surface area contributed by atoms with Crippen LogP contribution in [0.3, 0.4) is 0 Å². The number of likely N-dealkylation sites (N-methyl/N-ethyl adjacent to an activating group) is 1. The SMILES string of the molecule is CCN(CC1CCCO1)C(C)C(=O)c1ccc(C)cc1. The number of nitrogens with zero attached hydrogens (tertiary/aromatic N) is 1. The molecule has 1 aromatic rings. The lowest BCUT2D eigenvalue weighted by atomic mass is 10.0. The van der Waals surface area contributed by atoms with E-state index in [0.29, 0.717) is 6.10 Å². The second kappa shape index (κ2) is 7.00. The van der Waals surface area contributed by atoms with Gasteiger partial charge in [0.05, 0.1) is 12.1 Å². The fourth-order valence-electron chi connectivity index (χ4n) is 2.74. The van der Waals surface area contributed by atoms with Crippen LogP contribution in [0.25, 0.3) is 0 Å². The summed E-state index contributed by atoms with van der Waals surface area (Å²) in [7, 11) is 0. The van der Waals surface area contributed by atoms with Crippen LogP contribution in [0, 0.1) is 6.92 Å². The normalized spacial score (nSPS) is 20.3. The molecule has 1 aliphatic rings. The van der Waals surface area contributed by atoms with Crippen molar-refractivity contribution in [1.29, 1.82) is 0 Å². The quantitative estimate of drug-likeness (QED) is 0.747. The Kier molecular flexibility index (Phi) is 5.32. The first kappa shape index (κ1) is 15.2. The third kappa shape index (κ3) is 3.68. The van der Waals surface area contributed by atoms with E-state index in [9.17, 15) is 4.79 Å². The first-order valence-electron chi connectivity index (χ1n) is 7.58. The molecule has 0 aliphatic carbocycles. The van der Waals surface area contributed by atoms with E-state index in [1.165, 1.54) is 5.56 Å². The molecule has 1 heterocycles. The Labute approximate surface area is 121 Å². The Hall–Kier alpha value is -1.19. The summed E-state index contributed by atoms with van der Waals surface area (Å²) < 4.78 is 5.68. The van der Waals surface area contributed by atoms with Gasteiger partial charge in [-0.05, 0) is 33.2 Å². The van der Waals surface area contributed by atoms with Gasteiger partial charge in [-0.15, -0.1) is 0 Å². The minimum atomic E-state index is -0.0908. The van der Waals surface area contributed by atoms with Gasteiger partial charge in [-0.3, -0.25) is 9.69 Å². The maximum absolute atomic E-state index is 12.5. The zero-order chi connectivity index (χ0) is 14.5. The Morgan fingerprint density at radius 1 is 1.40 bits per heavy atom. The molecule has 1 aliphatic heterocycles. The van der Waals surface area contributed by atoms with Crippen LogP contribution in [0.5, 0.6) is 0 Å². The molecule has 2 rings (SSSR count). The lowest BCUT2D eigenvalue weighted by Crippen LogP contribution is -2.43. The van der Waals surface area contributed by atoms with Crippen LogP contribution in [-0.2, 0) is 4.74 Å². The molecule has 2 unspecified atom stereocenters. The molecule has 110 valence electrons. The van der Waals surface area contributed by atoms with Crippen molar-refractivity contribution >= 4 is 5.78 Å². The van der Waals surface area contributed by atoms with Crippen LogP contribution in [-0.4, -0.2) is 42.5 Å². The number of carbonyl (C=O) groups is 1. The van der Waals surface area contributed by atoms with Crippen LogP contribution in [0.2, 0.25) is 0 Å². The van der Waals surface area contributed by atoms with E-state index in [0.717, 1.165) is 38.1 Å². The lowest BCUT2D eigenvalue weighted by molar-refractivity contribution is 0.0552. The molecule has 20 heavy (non-hydrogen) atoms. The fourth-order valence-corrected chi connectivity index (χ4v) is 2.74. The van der Waals surface area contributed by atoms with E-state index < -0.39 is 0 Å². The van der Waals surface area contributed by atoms with Crippen molar-refractivity contribution in [2.24, 2.45) is 0 Å². The molecule has 0 saturated carbocycles. The minimum Gasteiger partial charge on any atom is -0.377 e. The Balaban J connectivity index is 2.01. The predicted octanol–water partition coefficient (Wildman–Crippen LogP) is 3.07. The predicted molar refractivity (Wildman–Crippen MR) is 81.2 cm³/mol. The van der Waals surface area contributed by atoms with Gasteiger partial charge < -0.3 is 4.74 Å². The summed E-state index contributed by atoms with van der Waals surface area (Å²) >= 11 is 0. The standard InChI is InChI=1S/C17H25NO2/c1-4-18(12-16-6-5-11-20-16)14(3)17(19)15-9-7-13(2)8-10-15/h7-10,14,16H,4-6,11-12H2,1-3H3. The number of Topliss-reactive ketones (excluding diaryl/α,β-unsaturated/α-hetero) is 1. The van der Waals surface area contributed by atoms with E-state index >= 15 is 0 Å². The third-order valence-corrected chi connectivity index (χ3v) is 4.13. The fraction of sp³-hybridized carbons (Fsp3) is 0.588. The largest absolute Gasteiger partial charge is 0.377 e. The Morgan fingerprint density at radius 2 is 2.10 bits per heavy atom. The summed E-state index contributed by atoms with van der Waals surface area (Å²) in [6.45, 7) is 8.73. The summed E-state index contributed by atoms with van der Waals surface area (Å²) in [4.78, 5) is 14.8. The van der Waals surface area contributed by atoms with Gasteiger partial charge >= 0.3 is 0 Å². The van der Waals surface area contributed by atoms with Gasteiger partial charge in [-0.25, -0.2) is 0 Å². The summed E-state index contributed by atoms with van der Waals surface area (Å²) in [6.07, 6.45) is 2.55. The number of aryl methyl sites for hydroxylation is 1. The molecule has 0 N–H and O–H groups in total. The highest BCUT2D eigenvalue weighted by molar-refractivity contribution is 5.99. The number of benzene rings is 1. The molecule has 3 heteroatoms. The number of ether oxygens (including phenoxy) is 1. The maximum Gasteiger partial charge on any atom is 0.179 e. The summed E-state index contributed by atoms with van der Waals surface area (Å²) in [6, 6.07) is 7.75. The summed E-state index contributed by atoms with van der Waals surface area (Å²) in [5.74, 6) is 0.199. The molecule has 2 atom stereocenters. The van der Waals surface area contributed by atoms with Gasteiger partial charge in [0.1, 0.15) is 0 Å². The summed E-state index contributed by atoms with van der Waals surface area (Å²) in [5.41, 5.74) is 1.98. The van der Waals surface area contributed by atoms with E-state index in [2.05, 4.69) is 11.8 Å². The van der Waals surface area contributed by atoms with E-state index in [-0.39, 0.29) is 11.8 Å². The summed E-state index contributed by atoms with van der Waals surface area (Å²) in [5, 5.41) is 0. The number of ketones is 1. The van der Waals surface area contributed by atoms with Crippen molar-refractivity contribution in [3.63, 3.8) is 0 Å². The zero-order valence-electron chi connectivity index (χ0n) is 12.8. The number of rotatable bonds is 6. The van der Waals surface area contributed by atoms with Crippen LogP contribution in [0.1, 0.15) is 42.6 Å². The van der Waals surface area contributed by atoms with Crippen molar-refractivity contribution < 1.29 is 9.53 Å². The molecule has 3 nitrogen and oxygen atoms in total. The number of carbonyl (C=O) groups excluding carboxylic acids is 1. The molecule has 1 saturated heterocycles. The third-order valence-electron chi connectivity index (χ3n) is 4.13. The Bertz CT molecular complexity index is 435. The molecular formula is C17H25NO2. The molecular weight excluding hydrogens is 250 g/mol. The van der Waals surface area contributed by atoms with E-state index in [4.69, 9.17) is 4.74 Å². The van der Waals surface area contributed by atoms with Crippen LogP contribution in [0.4, 0.5) is 0 Å². The molecule has 0 radical (unpaired) electrons. The number of hydrogen-bond donors (Lipinski definition) is 0. The second-order valence-corrected chi connectivity index (χ2v) is 5.63. The van der Waals surface area contributed by atoms with Crippen LogP contribution < -0.4 is 0 Å². The van der Waals surface area contributed by atoms with Crippen LogP contribution >= 0.6 is 0 Å².